The Morgan fingerprint density at radius 2 is 2.00 bits per heavy atom. The molecular weight excluding hydrogens is 359 g/mol. The number of fused-ring (bicyclic) bond motifs is 1. The molecule has 0 bridgehead atoms. The SMILES string of the molecule is Clc1cccc(-c2nnc3n2NC(c2cccs2)=CS3)c1Cl. The van der Waals surface area contributed by atoms with Crippen LogP contribution in [-0.2, 0) is 0 Å². The zero-order valence-corrected chi connectivity index (χ0v) is 14.1. The second-order valence-corrected chi connectivity index (χ2v) is 7.05. The van der Waals surface area contributed by atoms with E-state index in [2.05, 4.69) is 21.7 Å². The highest BCUT2D eigenvalue weighted by molar-refractivity contribution is 8.02. The molecule has 0 aliphatic carbocycles. The number of hydrogen-bond donors (Lipinski definition) is 1. The third-order valence-electron chi connectivity index (χ3n) is 3.13. The number of nitrogens with zero attached hydrogens (tertiary/aromatic N) is 3. The molecule has 1 aromatic carbocycles. The lowest BCUT2D eigenvalue weighted by Crippen LogP contribution is -2.17. The lowest BCUT2D eigenvalue weighted by atomic mass is 10.2. The molecule has 2 aromatic heterocycles. The van der Waals surface area contributed by atoms with Gasteiger partial charge in [-0.05, 0) is 23.6 Å². The average molecular weight is 367 g/mol. The van der Waals surface area contributed by atoms with Gasteiger partial charge in [-0.25, -0.2) is 4.68 Å². The van der Waals surface area contributed by atoms with Crippen molar-refractivity contribution in [2.24, 2.45) is 0 Å². The molecule has 0 radical (unpaired) electrons. The fraction of sp³-hybridized carbons (Fsp3) is 0. The molecule has 110 valence electrons. The Hall–Kier alpha value is -1.47. The monoisotopic (exact) mass is 366 g/mol. The molecule has 22 heavy (non-hydrogen) atoms. The van der Waals surface area contributed by atoms with Crippen LogP contribution in [0.15, 0.2) is 46.3 Å². The Kier molecular flexibility index (Phi) is 3.62. The lowest BCUT2D eigenvalue weighted by Gasteiger charge is -2.18. The fourth-order valence-electron chi connectivity index (χ4n) is 2.10. The summed E-state index contributed by atoms with van der Waals surface area (Å²) >= 11 is 15.6. The maximum Gasteiger partial charge on any atom is 0.214 e. The van der Waals surface area contributed by atoms with E-state index in [1.54, 1.807) is 17.4 Å². The molecule has 0 saturated heterocycles. The van der Waals surface area contributed by atoms with Crippen LogP contribution in [0.1, 0.15) is 4.88 Å². The van der Waals surface area contributed by atoms with Crippen LogP contribution in [0.3, 0.4) is 0 Å². The first-order chi connectivity index (χ1) is 10.7. The maximum absolute atomic E-state index is 6.30. The smallest absolute Gasteiger partial charge is 0.214 e. The first-order valence-corrected chi connectivity index (χ1v) is 8.83. The number of aromatic nitrogens is 3. The van der Waals surface area contributed by atoms with Crippen LogP contribution < -0.4 is 5.43 Å². The number of benzene rings is 1. The third kappa shape index (κ3) is 2.32. The number of rotatable bonds is 2. The van der Waals surface area contributed by atoms with E-state index in [9.17, 15) is 0 Å². The summed E-state index contributed by atoms with van der Waals surface area (Å²) in [7, 11) is 0. The van der Waals surface area contributed by atoms with Crippen LogP contribution in [0.5, 0.6) is 0 Å². The summed E-state index contributed by atoms with van der Waals surface area (Å²) < 4.78 is 1.83. The highest BCUT2D eigenvalue weighted by Crippen LogP contribution is 2.36. The van der Waals surface area contributed by atoms with Gasteiger partial charge in [-0.2, -0.15) is 0 Å². The Balaban J connectivity index is 1.78. The van der Waals surface area contributed by atoms with Crippen molar-refractivity contribution in [3.8, 4) is 11.4 Å². The Bertz CT molecular complexity index is 871. The van der Waals surface area contributed by atoms with Gasteiger partial charge in [0.15, 0.2) is 5.82 Å². The van der Waals surface area contributed by atoms with Crippen LogP contribution in [0.2, 0.25) is 10.0 Å². The van der Waals surface area contributed by atoms with E-state index in [1.165, 1.54) is 11.8 Å². The number of thiophene rings is 1. The molecule has 4 rings (SSSR count). The van der Waals surface area contributed by atoms with E-state index < -0.39 is 0 Å². The number of hydrogen-bond acceptors (Lipinski definition) is 5. The largest absolute Gasteiger partial charge is 0.288 e. The van der Waals surface area contributed by atoms with Gasteiger partial charge in [0.1, 0.15) is 0 Å². The zero-order chi connectivity index (χ0) is 15.1. The molecule has 3 aromatic rings. The minimum absolute atomic E-state index is 0.471. The molecule has 0 unspecified atom stereocenters. The third-order valence-corrected chi connectivity index (χ3v) is 5.68. The highest BCUT2D eigenvalue weighted by atomic mass is 35.5. The van der Waals surface area contributed by atoms with Gasteiger partial charge in [0.25, 0.3) is 0 Å². The summed E-state index contributed by atoms with van der Waals surface area (Å²) in [5.41, 5.74) is 5.08. The van der Waals surface area contributed by atoms with Gasteiger partial charge < -0.3 is 0 Å². The molecule has 0 spiro atoms. The van der Waals surface area contributed by atoms with Crippen LogP contribution in [0, 0.1) is 0 Å². The van der Waals surface area contributed by atoms with Crippen molar-refractivity contribution in [3.05, 3.63) is 56.0 Å². The van der Waals surface area contributed by atoms with E-state index in [-0.39, 0.29) is 0 Å². The molecule has 0 atom stereocenters. The molecule has 1 N–H and O–H groups in total. The summed E-state index contributed by atoms with van der Waals surface area (Å²) in [5.74, 6) is 0.636. The summed E-state index contributed by atoms with van der Waals surface area (Å²) in [4.78, 5) is 1.15. The normalized spacial score (nSPS) is 13.5. The second kappa shape index (κ2) is 5.62. The Morgan fingerprint density at radius 1 is 1.09 bits per heavy atom. The van der Waals surface area contributed by atoms with Crippen LogP contribution in [0.4, 0.5) is 0 Å². The average Bonchev–Trinajstić information content (AvgIpc) is 3.18. The van der Waals surface area contributed by atoms with E-state index in [0.717, 1.165) is 21.3 Å². The topological polar surface area (TPSA) is 42.7 Å². The maximum atomic E-state index is 6.30. The molecule has 1 aliphatic heterocycles. The first-order valence-electron chi connectivity index (χ1n) is 6.31. The van der Waals surface area contributed by atoms with Gasteiger partial charge in [-0.1, -0.05) is 47.1 Å². The second-order valence-electron chi connectivity index (χ2n) is 4.48. The molecule has 0 fully saturated rings. The van der Waals surface area contributed by atoms with E-state index in [0.29, 0.717) is 15.9 Å². The van der Waals surface area contributed by atoms with Gasteiger partial charge in [0.2, 0.25) is 5.16 Å². The van der Waals surface area contributed by atoms with Crippen molar-refractivity contribution < 1.29 is 0 Å². The summed E-state index contributed by atoms with van der Waals surface area (Å²) in [6.45, 7) is 0. The highest BCUT2D eigenvalue weighted by Gasteiger charge is 2.21. The van der Waals surface area contributed by atoms with Crippen LogP contribution in [-0.4, -0.2) is 14.9 Å². The van der Waals surface area contributed by atoms with Crippen molar-refractivity contribution >= 4 is 52.0 Å². The minimum Gasteiger partial charge on any atom is -0.288 e. The van der Waals surface area contributed by atoms with E-state index in [1.807, 2.05) is 33.7 Å². The minimum atomic E-state index is 0.471. The number of halogens is 2. The van der Waals surface area contributed by atoms with Crippen molar-refractivity contribution in [1.82, 2.24) is 14.9 Å². The molecule has 4 nitrogen and oxygen atoms in total. The van der Waals surface area contributed by atoms with Crippen molar-refractivity contribution in [1.29, 1.82) is 0 Å². The first kappa shape index (κ1) is 14.1. The fourth-order valence-corrected chi connectivity index (χ4v) is 3.98. The number of thioether (sulfide) groups is 1. The van der Waals surface area contributed by atoms with Gasteiger partial charge in [0, 0.05) is 11.0 Å². The molecule has 3 heterocycles. The predicted octanol–water partition coefficient (Wildman–Crippen LogP) is 4.96. The quantitative estimate of drug-likeness (QED) is 0.695. The lowest BCUT2D eigenvalue weighted by molar-refractivity contribution is 0.827. The molecular formula is C14H8Cl2N4S2. The van der Waals surface area contributed by atoms with Gasteiger partial charge in [-0.3, -0.25) is 5.43 Å². The molecule has 0 amide bonds. The predicted molar refractivity (Wildman–Crippen MR) is 93.0 cm³/mol. The van der Waals surface area contributed by atoms with Gasteiger partial charge >= 0.3 is 0 Å². The molecule has 1 aliphatic rings. The van der Waals surface area contributed by atoms with E-state index in [4.69, 9.17) is 23.2 Å². The van der Waals surface area contributed by atoms with Crippen LogP contribution in [0.25, 0.3) is 17.1 Å². The van der Waals surface area contributed by atoms with Gasteiger partial charge in [0.05, 0.1) is 20.6 Å². The number of nitrogens with one attached hydrogen (secondary N) is 1. The summed E-state index contributed by atoms with van der Waals surface area (Å²) in [6.07, 6.45) is 0. The Labute approximate surface area is 144 Å². The Morgan fingerprint density at radius 3 is 2.82 bits per heavy atom. The molecule has 8 heteroatoms. The summed E-state index contributed by atoms with van der Waals surface area (Å²) in [6, 6.07) is 9.55. The van der Waals surface area contributed by atoms with Crippen molar-refractivity contribution in [2.75, 3.05) is 5.43 Å². The van der Waals surface area contributed by atoms with Crippen LogP contribution >= 0.6 is 46.3 Å². The van der Waals surface area contributed by atoms with Crippen molar-refractivity contribution in [3.63, 3.8) is 0 Å². The summed E-state index contributed by atoms with van der Waals surface area (Å²) in [5, 5.41) is 14.2. The van der Waals surface area contributed by atoms with E-state index >= 15 is 0 Å². The van der Waals surface area contributed by atoms with Crippen molar-refractivity contribution in [2.45, 2.75) is 5.16 Å². The zero-order valence-electron chi connectivity index (χ0n) is 11.0. The molecule has 0 saturated carbocycles. The van der Waals surface area contributed by atoms with Gasteiger partial charge in [-0.15, -0.1) is 21.5 Å². The standard InChI is InChI=1S/C14H8Cl2N4S2/c15-9-4-1-3-8(12(9)16)13-17-18-14-20(13)19-10(7-22-14)11-5-2-6-21-11/h1-7,19H.